The molecular formula is C26H32FN3O2. The lowest BCUT2D eigenvalue weighted by atomic mass is 9.66. The first-order valence-electron chi connectivity index (χ1n) is 13.0. The highest BCUT2D eigenvalue weighted by atomic mass is 19.1. The zero-order valence-corrected chi connectivity index (χ0v) is 18.7. The number of fused-ring (bicyclic) bond motifs is 2. The van der Waals surface area contributed by atoms with Crippen LogP contribution in [0.25, 0.3) is 11.0 Å². The maximum Gasteiger partial charge on any atom is 0.225 e. The van der Waals surface area contributed by atoms with Crippen LogP contribution in [-0.2, 0) is 17.6 Å². The molecule has 3 aromatic rings. The Hall–Kier alpha value is -2.73. The van der Waals surface area contributed by atoms with E-state index in [1.165, 1.54) is 17.0 Å². The molecule has 0 unspecified atom stereocenters. The van der Waals surface area contributed by atoms with Gasteiger partial charge in [0.2, 0.25) is 5.91 Å². The minimum Gasteiger partial charge on any atom is -0.389 e. The van der Waals surface area contributed by atoms with E-state index in [0.29, 0.717) is 24.9 Å². The number of aromatic nitrogens is 2. The van der Waals surface area contributed by atoms with Gasteiger partial charge in [-0.25, -0.2) is 9.37 Å². The van der Waals surface area contributed by atoms with E-state index in [2.05, 4.69) is 9.97 Å². The summed E-state index contributed by atoms with van der Waals surface area (Å²) in [6.45, 7) is 3.92. The molecule has 0 radical (unpaired) electrons. The fourth-order valence-electron chi connectivity index (χ4n) is 4.58. The van der Waals surface area contributed by atoms with Crippen molar-refractivity contribution in [3.8, 4) is 0 Å². The molecule has 1 aliphatic carbocycles. The van der Waals surface area contributed by atoms with Gasteiger partial charge in [-0.1, -0.05) is 32.0 Å². The molecule has 2 N–H and O–H groups in total. The second kappa shape index (κ2) is 9.02. The maximum absolute atomic E-state index is 14.0. The number of hydrogen-bond acceptors (Lipinski definition) is 3. The summed E-state index contributed by atoms with van der Waals surface area (Å²) >= 11 is 0. The average Bonchev–Trinajstić information content (AvgIpc) is 3.21. The number of imidazole rings is 1. The van der Waals surface area contributed by atoms with Crippen molar-refractivity contribution in [3.05, 3.63) is 65.2 Å². The predicted molar refractivity (Wildman–Crippen MR) is 124 cm³/mol. The van der Waals surface area contributed by atoms with Crippen molar-refractivity contribution in [1.29, 1.82) is 0 Å². The number of carbonyl (C=O) groups excluding carboxylic acids is 1. The summed E-state index contributed by atoms with van der Waals surface area (Å²) in [4.78, 5) is 22.4. The van der Waals surface area contributed by atoms with Crippen molar-refractivity contribution in [1.82, 2.24) is 14.9 Å². The first-order valence-corrected chi connectivity index (χ1v) is 11.0. The summed E-state index contributed by atoms with van der Waals surface area (Å²) in [5.74, 6) is -1.60. The largest absolute Gasteiger partial charge is 0.389 e. The smallest absolute Gasteiger partial charge is 0.225 e. The maximum atomic E-state index is 14.0. The zero-order valence-electron chi connectivity index (χ0n) is 22.7. The average molecular weight is 442 g/mol. The number of H-pyrrole nitrogens is 1. The number of carbonyl (C=O) groups is 1. The highest BCUT2D eigenvalue weighted by Crippen LogP contribution is 2.45. The minimum absolute atomic E-state index is 0.123. The first kappa shape index (κ1) is 17.8. The Labute approximate surface area is 194 Å². The topological polar surface area (TPSA) is 69.2 Å². The fraction of sp³-hybridized carbons (Fsp3) is 0.462. The normalized spacial score (nSPS) is 25.5. The van der Waals surface area contributed by atoms with Crippen molar-refractivity contribution in [3.63, 3.8) is 0 Å². The van der Waals surface area contributed by atoms with Crippen LogP contribution in [-0.4, -0.2) is 45.1 Å². The van der Waals surface area contributed by atoms with E-state index in [4.69, 9.17) is 5.48 Å². The highest BCUT2D eigenvalue weighted by Gasteiger charge is 2.45. The molecule has 0 aliphatic heterocycles. The minimum atomic E-state index is -2.85. The van der Waals surface area contributed by atoms with Gasteiger partial charge in [0.05, 0.1) is 23.1 Å². The third kappa shape index (κ3) is 4.56. The van der Waals surface area contributed by atoms with Gasteiger partial charge in [-0.05, 0) is 60.5 Å². The van der Waals surface area contributed by atoms with Crippen LogP contribution in [0.2, 0.25) is 0 Å². The Morgan fingerprint density at radius 1 is 1.38 bits per heavy atom. The van der Waals surface area contributed by atoms with Crippen LogP contribution in [0, 0.1) is 11.7 Å². The fourth-order valence-corrected chi connectivity index (χ4v) is 4.58. The van der Waals surface area contributed by atoms with Crippen LogP contribution in [0.15, 0.2) is 42.5 Å². The molecule has 1 aliphatic rings. The molecule has 6 heteroatoms. The standard InChI is InChI=1S/C26H32FN3O2/c1-17(2)25-20-11-10-19(27)15-18(20)12-13-26(25,32)16-24(31)30(3)14-6-9-23-28-21-7-4-5-8-22(21)29-23/h4-5,7-8,10-11,15,17,25,32H,6,9,12-14,16H2,1-3H3,(H,28,29)/t25-,26-/m0/s1/i12D2,13D2. The molecule has 1 heterocycles. The number of amides is 1. The molecule has 2 atom stereocenters. The number of hydrogen-bond donors (Lipinski definition) is 2. The van der Waals surface area contributed by atoms with E-state index in [9.17, 15) is 14.3 Å². The Bertz CT molecular complexity index is 1250. The lowest BCUT2D eigenvalue weighted by molar-refractivity contribution is -0.137. The molecule has 0 saturated carbocycles. The molecule has 0 saturated heterocycles. The molecule has 32 heavy (non-hydrogen) atoms. The van der Waals surface area contributed by atoms with Crippen molar-refractivity contribution < 1.29 is 19.8 Å². The van der Waals surface area contributed by atoms with Crippen LogP contribution in [0.1, 0.15) is 61.4 Å². The third-order valence-electron chi connectivity index (χ3n) is 6.14. The summed E-state index contributed by atoms with van der Waals surface area (Å²) in [7, 11) is 1.59. The number of halogens is 1. The number of benzene rings is 2. The molecular weight excluding hydrogens is 405 g/mol. The van der Waals surface area contributed by atoms with Crippen molar-refractivity contribution in [2.45, 2.75) is 57.4 Å². The van der Waals surface area contributed by atoms with Gasteiger partial charge in [0.15, 0.2) is 0 Å². The molecule has 4 rings (SSSR count). The molecule has 0 fully saturated rings. The zero-order chi connectivity index (χ0) is 26.5. The molecule has 1 amide bonds. The van der Waals surface area contributed by atoms with Gasteiger partial charge in [-0.3, -0.25) is 4.79 Å². The van der Waals surface area contributed by atoms with Gasteiger partial charge in [-0.15, -0.1) is 0 Å². The lowest BCUT2D eigenvalue weighted by Gasteiger charge is -2.43. The van der Waals surface area contributed by atoms with Crippen LogP contribution in [0.4, 0.5) is 4.39 Å². The van der Waals surface area contributed by atoms with Crippen LogP contribution in [0.3, 0.4) is 0 Å². The van der Waals surface area contributed by atoms with E-state index in [0.717, 1.165) is 22.9 Å². The van der Waals surface area contributed by atoms with E-state index < -0.39 is 42.4 Å². The third-order valence-corrected chi connectivity index (χ3v) is 6.14. The van der Waals surface area contributed by atoms with E-state index in [1.807, 2.05) is 24.3 Å². The van der Waals surface area contributed by atoms with Gasteiger partial charge in [0.1, 0.15) is 11.6 Å². The summed E-state index contributed by atoms with van der Waals surface area (Å²) < 4.78 is 48.4. The van der Waals surface area contributed by atoms with Gasteiger partial charge >= 0.3 is 0 Å². The number of nitrogens with zero attached hydrogens (tertiary/aromatic N) is 2. The molecule has 1 aromatic heterocycles. The molecule has 2 aromatic carbocycles. The Morgan fingerprint density at radius 2 is 2.16 bits per heavy atom. The summed E-state index contributed by atoms with van der Waals surface area (Å²) in [6, 6.07) is 11.3. The quantitative estimate of drug-likeness (QED) is 0.563. The molecule has 0 bridgehead atoms. The van der Waals surface area contributed by atoms with Crippen LogP contribution in [0.5, 0.6) is 0 Å². The SMILES string of the molecule is [2H]C1([2H])c2cc(F)ccc2[C@H](C(C)C)[C@@](O)(CC(=O)N(C)CCCc2nc3ccccc3[nH]2)C1([2H])[2H]. The number of para-hydroxylation sites is 2. The van der Waals surface area contributed by atoms with Crippen molar-refractivity contribution in [2.75, 3.05) is 13.6 Å². The van der Waals surface area contributed by atoms with Crippen molar-refractivity contribution >= 4 is 16.9 Å². The van der Waals surface area contributed by atoms with Crippen LogP contribution < -0.4 is 0 Å². The predicted octanol–water partition coefficient (Wildman–Crippen LogP) is 4.60. The van der Waals surface area contributed by atoms with Gasteiger partial charge in [-0.2, -0.15) is 0 Å². The van der Waals surface area contributed by atoms with E-state index in [1.54, 1.807) is 20.9 Å². The van der Waals surface area contributed by atoms with E-state index in [-0.39, 0.29) is 11.5 Å². The molecule has 5 nitrogen and oxygen atoms in total. The Balaban J connectivity index is 1.53. The van der Waals surface area contributed by atoms with Crippen LogP contribution >= 0.6 is 0 Å². The monoisotopic (exact) mass is 441 g/mol. The second-order valence-electron chi connectivity index (χ2n) is 8.92. The Kier molecular flexibility index (Phi) is 5.01. The number of rotatable bonds is 7. The Morgan fingerprint density at radius 3 is 2.91 bits per heavy atom. The van der Waals surface area contributed by atoms with Crippen molar-refractivity contribution in [2.24, 2.45) is 5.92 Å². The number of aromatic amines is 1. The lowest BCUT2D eigenvalue weighted by Crippen LogP contribution is -2.47. The summed E-state index contributed by atoms with van der Waals surface area (Å²) in [6.07, 6.45) is -4.94. The van der Waals surface area contributed by atoms with E-state index >= 15 is 0 Å². The van der Waals surface area contributed by atoms with Gasteiger partial charge < -0.3 is 15.0 Å². The molecule has 0 spiro atoms. The number of aliphatic hydroxyl groups is 1. The van der Waals surface area contributed by atoms with Gasteiger partial charge in [0.25, 0.3) is 0 Å². The number of aryl methyl sites for hydroxylation is 2. The summed E-state index contributed by atoms with van der Waals surface area (Å²) in [5, 5.41) is 11.8. The van der Waals surface area contributed by atoms with Gasteiger partial charge in [0, 0.05) is 31.4 Å². The highest BCUT2D eigenvalue weighted by molar-refractivity contribution is 5.77. The number of nitrogens with one attached hydrogen (secondary N) is 1. The molecule has 170 valence electrons. The second-order valence-corrected chi connectivity index (χ2v) is 8.92. The first-order chi connectivity index (χ1) is 16.8. The summed E-state index contributed by atoms with van der Waals surface area (Å²) in [5.41, 5.74) is -0.322.